The Balaban J connectivity index is 1.02. The van der Waals surface area contributed by atoms with E-state index in [1.165, 1.54) is 93.8 Å². The summed E-state index contributed by atoms with van der Waals surface area (Å²) in [6.45, 7) is 14.1. The molecule has 2 aliphatic carbocycles. The third-order valence-electron chi connectivity index (χ3n) is 12.5. The number of anilines is 1. The van der Waals surface area contributed by atoms with Crippen molar-refractivity contribution in [2.24, 2.45) is 0 Å². The fourth-order valence-corrected chi connectivity index (χ4v) is 10.5. The number of allylic oxidation sites excluding steroid dienone is 3. The van der Waals surface area contributed by atoms with Gasteiger partial charge in [-0.3, -0.25) is 0 Å². The summed E-state index contributed by atoms with van der Waals surface area (Å²) < 4.78 is 2.53. The molecule has 4 aliphatic rings. The van der Waals surface area contributed by atoms with Gasteiger partial charge < -0.3 is 5.32 Å². The maximum atomic E-state index is 4.74. The number of aromatic nitrogens is 1. The monoisotopic (exact) mass is 665 g/mol. The van der Waals surface area contributed by atoms with Gasteiger partial charge in [0.2, 0.25) is 5.69 Å². The highest BCUT2D eigenvalue weighted by Crippen LogP contribution is 2.53. The smallest absolute Gasteiger partial charge is 0.214 e. The van der Waals surface area contributed by atoms with E-state index >= 15 is 0 Å². The molecular formula is C47H41N2S+. The maximum Gasteiger partial charge on any atom is 0.214 e. The minimum atomic E-state index is -0.129. The van der Waals surface area contributed by atoms with E-state index in [-0.39, 0.29) is 11.0 Å². The first-order chi connectivity index (χ1) is 24.3. The highest BCUT2D eigenvalue weighted by atomic mass is 32.1. The molecule has 6 aromatic rings. The number of thiophene rings is 1. The summed E-state index contributed by atoms with van der Waals surface area (Å²) >= 11 is 1.84. The molecule has 1 N–H and O–H groups in total. The first kappa shape index (κ1) is 29.9. The van der Waals surface area contributed by atoms with Crippen molar-refractivity contribution in [2.45, 2.75) is 64.0 Å². The molecule has 1 unspecified atom stereocenters. The molecule has 244 valence electrons. The lowest BCUT2D eigenvalue weighted by Gasteiger charge is -2.35. The molecule has 0 bridgehead atoms. The number of nitrogens with one attached hydrogen (secondary N) is 1. The molecule has 0 radical (unpaired) electrons. The predicted octanol–water partition coefficient (Wildman–Crippen LogP) is 12.0. The largest absolute Gasteiger partial charge is 0.377 e. The van der Waals surface area contributed by atoms with Gasteiger partial charge in [0.1, 0.15) is 0 Å². The van der Waals surface area contributed by atoms with Gasteiger partial charge in [-0.15, -0.1) is 11.3 Å². The Kier molecular flexibility index (Phi) is 6.28. The fourth-order valence-electron chi connectivity index (χ4n) is 9.57. The second-order valence-electron chi connectivity index (χ2n) is 15.1. The number of hydrogen-bond acceptors (Lipinski definition) is 2. The van der Waals surface area contributed by atoms with Crippen LogP contribution in [0.25, 0.3) is 60.3 Å². The molecule has 0 saturated heterocycles. The molecule has 3 heteroatoms. The molecule has 2 aliphatic heterocycles. The molecule has 0 amide bonds. The molecule has 50 heavy (non-hydrogen) atoms. The lowest BCUT2D eigenvalue weighted by molar-refractivity contribution is -0.740. The minimum Gasteiger partial charge on any atom is -0.377 e. The molecule has 0 spiro atoms. The van der Waals surface area contributed by atoms with Gasteiger partial charge in [0.25, 0.3) is 0 Å². The van der Waals surface area contributed by atoms with E-state index in [1.807, 2.05) is 11.3 Å². The van der Waals surface area contributed by atoms with Crippen LogP contribution in [-0.2, 0) is 11.0 Å². The van der Waals surface area contributed by atoms with E-state index in [9.17, 15) is 0 Å². The first-order valence-electron chi connectivity index (χ1n) is 18.2. The number of nitrogens with zero attached hydrogens (tertiary/aromatic N) is 1. The Bertz CT molecular complexity index is 2520. The molecule has 4 aromatic carbocycles. The summed E-state index contributed by atoms with van der Waals surface area (Å²) in [4.78, 5) is 1.30. The highest BCUT2D eigenvalue weighted by Gasteiger charge is 2.47. The van der Waals surface area contributed by atoms with Crippen molar-refractivity contribution in [3.05, 3.63) is 149 Å². The number of pyridine rings is 1. The van der Waals surface area contributed by atoms with Crippen LogP contribution in [-0.4, -0.2) is 6.04 Å². The second-order valence-corrected chi connectivity index (χ2v) is 16.1. The third-order valence-corrected chi connectivity index (χ3v) is 13.4. The molecule has 2 aromatic heterocycles. The van der Waals surface area contributed by atoms with Crippen LogP contribution >= 0.6 is 11.3 Å². The average Bonchev–Trinajstić information content (AvgIpc) is 3.84. The van der Waals surface area contributed by atoms with Gasteiger partial charge in [-0.05, 0) is 104 Å². The van der Waals surface area contributed by atoms with Crippen LogP contribution in [0, 0.1) is 0 Å². The van der Waals surface area contributed by atoms with Crippen LogP contribution < -0.4 is 9.88 Å². The fraction of sp³-hybridized carbons (Fsp3) is 0.213. The highest BCUT2D eigenvalue weighted by molar-refractivity contribution is 7.13. The zero-order valence-electron chi connectivity index (χ0n) is 29.2. The quantitative estimate of drug-likeness (QED) is 0.185. The van der Waals surface area contributed by atoms with Crippen LogP contribution in [0.4, 0.5) is 5.69 Å². The topological polar surface area (TPSA) is 15.9 Å². The second kappa shape index (κ2) is 10.5. The van der Waals surface area contributed by atoms with E-state index in [2.05, 4.69) is 152 Å². The van der Waals surface area contributed by atoms with Crippen molar-refractivity contribution in [2.75, 3.05) is 5.32 Å². The lowest BCUT2D eigenvalue weighted by Crippen LogP contribution is -2.59. The van der Waals surface area contributed by atoms with E-state index in [0.29, 0.717) is 6.04 Å². The summed E-state index contributed by atoms with van der Waals surface area (Å²) in [5.74, 6) is 0. The van der Waals surface area contributed by atoms with E-state index in [4.69, 9.17) is 6.58 Å². The summed E-state index contributed by atoms with van der Waals surface area (Å²) in [7, 11) is 0. The average molecular weight is 666 g/mol. The first-order valence-corrected chi connectivity index (χ1v) is 19.0. The van der Waals surface area contributed by atoms with Crippen LogP contribution in [0.2, 0.25) is 0 Å². The number of rotatable bonds is 4. The third kappa shape index (κ3) is 3.99. The van der Waals surface area contributed by atoms with Gasteiger partial charge in [0, 0.05) is 51.4 Å². The van der Waals surface area contributed by atoms with Gasteiger partial charge in [-0.25, -0.2) is 0 Å². The zero-order chi connectivity index (χ0) is 33.9. The van der Waals surface area contributed by atoms with E-state index in [0.717, 1.165) is 19.3 Å². The Labute approximate surface area is 299 Å². The molecule has 2 nitrogen and oxygen atoms in total. The number of fused-ring (bicyclic) bond motifs is 10. The molecule has 0 fully saturated rings. The lowest BCUT2D eigenvalue weighted by atomic mass is 9.75. The Morgan fingerprint density at radius 2 is 1.58 bits per heavy atom. The summed E-state index contributed by atoms with van der Waals surface area (Å²) in [5.41, 5.74) is 18.5. The van der Waals surface area contributed by atoms with Crippen LogP contribution in [0.5, 0.6) is 0 Å². The Morgan fingerprint density at radius 3 is 2.42 bits per heavy atom. The predicted molar refractivity (Wildman–Crippen MR) is 212 cm³/mol. The van der Waals surface area contributed by atoms with Crippen LogP contribution in [0.1, 0.15) is 74.8 Å². The summed E-state index contributed by atoms with van der Waals surface area (Å²) in [5, 5.41) is 8.77. The van der Waals surface area contributed by atoms with Gasteiger partial charge >= 0.3 is 0 Å². The van der Waals surface area contributed by atoms with Crippen LogP contribution in [0.3, 0.4) is 0 Å². The number of hydrogen-bond donors (Lipinski definition) is 1. The SMILES string of the molecule is C=C1c2ccc(-c3cc(C4=CCC5Nc6cc7c(cc6C5=C4)-c4ccccc4C7(C)C)cs3)cc2-c2cc3ccccc3c[n+]2C1(CC)CC. The maximum absolute atomic E-state index is 4.74. The molecule has 4 heterocycles. The van der Waals surface area contributed by atoms with Crippen LogP contribution in [0.15, 0.2) is 121 Å². The summed E-state index contributed by atoms with van der Waals surface area (Å²) in [6, 6.07) is 34.7. The van der Waals surface area contributed by atoms with Crippen molar-refractivity contribution in [1.29, 1.82) is 0 Å². The summed E-state index contributed by atoms with van der Waals surface area (Å²) in [6.07, 6.45) is 10.2. The van der Waals surface area contributed by atoms with Gasteiger partial charge in [0.15, 0.2) is 11.7 Å². The van der Waals surface area contributed by atoms with E-state index in [1.54, 1.807) is 0 Å². The van der Waals surface area contributed by atoms with Gasteiger partial charge in [-0.2, -0.15) is 4.57 Å². The van der Waals surface area contributed by atoms with E-state index < -0.39 is 0 Å². The standard InChI is InChI=1S/C47H41N2S/c1-6-47(7-2)28(3)34-18-16-31(21-39(34)44-22-29-12-8-9-13-32(29)26-49(44)47)45-23-33(27-50-45)30-17-19-42-37(20-30)38-24-36-35-14-10-11-15-40(35)46(4,5)41(36)25-43(38)48-42/h8-18,20-27,42,48H,3,6-7,19H2,1-2,4-5H3/q+1. The number of benzene rings is 4. The zero-order valence-corrected chi connectivity index (χ0v) is 30.0. The van der Waals surface area contributed by atoms with Crippen molar-refractivity contribution in [3.8, 4) is 32.8 Å². The van der Waals surface area contributed by atoms with Gasteiger partial charge in [-0.1, -0.05) is 94.9 Å². The minimum absolute atomic E-state index is 0.00881. The van der Waals surface area contributed by atoms with Crippen molar-refractivity contribution >= 4 is 44.5 Å². The normalized spacial score (nSPS) is 18.6. The molecule has 10 rings (SSSR count). The van der Waals surface area contributed by atoms with Gasteiger partial charge in [0.05, 0.1) is 11.6 Å². The Morgan fingerprint density at radius 1 is 0.780 bits per heavy atom. The van der Waals surface area contributed by atoms with Crippen molar-refractivity contribution in [1.82, 2.24) is 0 Å². The molecular weight excluding hydrogens is 625 g/mol. The Hall–Kier alpha value is -4.99. The van der Waals surface area contributed by atoms with Crippen molar-refractivity contribution in [3.63, 3.8) is 0 Å². The van der Waals surface area contributed by atoms with Crippen molar-refractivity contribution < 1.29 is 4.57 Å². The molecule has 1 atom stereocenters. The molecule has 0 saturated carbocycles.